The Balaban J connectivity index is 3.40. The van der Waals surface area contributed by atoms with Crippen LogP contribution in [0.3, 0.4) is 0 Å². The van der Waals surface area contributed by atoms with E-state index in [0.717, 1.165) is 0 Å². The molecule has 0 atom stereocenters. The van der Waals surface area contributed by atoms with Crippen molar-refractivity contribution in [3.63, 3.8) is 0 Å². The Morgan fingerprint density at radius 3 is 1.75 bits per heavy atom. The summed E-state index contributed by atoms with van der Waals surface area (Å²) < 4.78 is 74.6. The van der Waals surface area contributed by atoms with E-state index in [1.54, 1.807) is 0 Å². The summed E-state index contributed by atoms with van der Waals surface area (Å²) in [4.78, 5) is -1.38. The van der Waals surface area contributed by atoms with Gasteiger partial charge in [0.1, 0.15) is 5.02 Å². The zero-order valence-corrected chi connectivity index (χ0v) is 9.26. The predicted octanol–water partition coefficient (Wildman–Crippen LogP) is 5.02. The summed E-state index contributed by atoms with van der Waals surface area (Å²) in [6.07, 6.45) is 0. The van der Waals surface area contributed by atoms with Gasteiger partial charge in [0.2, 0.25) is 0 Å². The monoisotopic (exact) mass is 300 g/mol. The first-order valence-corrected chi connectivity index (χ1v) is 4.99. The molecule has 16 heavy (non-hydrogen) atoms. The molecule has 0 radical (unpaired) electrons. The van der Waals surface area contributed by atoms with E-state index in [-0.39, 0.29) is 0 Å². The Morgan fingerprint density at radius 2 is 1.31 bits per heavy atom. The van der Waals surface area contributed by atoms with E-state index in [4.69, 9.17) is 23.2 Å². The highest BCUT2D eigenvalue weighted by molar-refractivity contribution is 8.00. The molecule has 1 aromatic carbocycles. The molecule has 0 saturated carbocycles. The highest BCUT2D eigenvalue weighted by Gasteiger charge is 2.35. The molecule has 0 aliphatic carbocycles. The van der Waals surface area contributed by atoms with Gasteiger partial charge < -0.3 is 0 Å². The minimum absolute atomic E-state index is 1.05. The predicted molar refractivity (Wildman–Crippen MR) is 48.2 cm³/mol. The van der Waals surface area contributed by atoms with Crippen molar-refractivity contribution in [3.8, 4) is 0 Å². The van der Waals surface area contributed by atoms with E-state index in [9.17, 15) is 26.3 Å². The Labute approximate surface area is 99.5 Å². The van der Waals surface area contributed by atoms with Gasteiger partial charge in [-0.1, -0.05) is 23.2 Å². The zero-order chi connectivity index (χ0) is 12.7. The van der Waals surface area contributed by atoms with Crippen LogP contribution in [-0.2, 0) is 0 Å². The molecule has 0 aliphatic heterocycles. The van der Waals surface area contributed by atoms with Crippen molar-refractivity contribution in [3.05, 3.63) is 27.5 Å². The second-order valence-electron chi connectivity index (χ2n) is 2.45. The number of rotatable bonds is 1. The largest absolute Gasteiger partial charge is 0.446 e. The summed E-state index contributed by atoms with van der Waals surface area (Å²) in [6, 6.07) is 0. The minimum Gasteiger partial charge on any atom is -0.204 e. The molecule has 0 spiro atoms. The molecular formula is C7Cl2F6S. The lowest BCUT2D eigenvalue weighted by molar-refractivity contribution is -0.0329. The van der Waals surface area contributed by atoms with Crippen molar-refractivity contribution in [2.75, 3.05) is 0 Å². The molecule has 0 saturated heterocycles. The minimum atomic E-state index is -4.92. The van der Waals surface area contributed by atoms with Crippen LogP contribution in [0.4, 0.5) is 26.3 Å². The van der Waals surface area contributed by atoms with Gasteiger partial charge >= 0.3 is 5.51 Å². The third-order valence-corrected chi connectivity index (χ3v) is 3.01. The molecule has 90 valence electrons. The summed E-state index contributed by atoms with van der Waals surface area (Å²) in [5.74, 6) is -5.47. The highest BCUT2D eigenvalue weighted by Crippen LogP contribution is 2.44. The van der Waals surface area contributed by atoms with Crippen LogP contribution >= 0.6 is 35.0 Å². The zero-order valence-electron chi connectivity index (χ0n) is 6.93. The van der Waals surface area contributed by atoms with Gasteiger partial charge in [-0.3, -0.25) is 0 Å². The van der Waals surface area contributed by atoms with Crippen LogP contribution in [0.2, 0.25) is 10.0 Å². The van der Waals surface area contributed by atoms with Crippen LogP contribution in [0.25, 0.3) is 0 Å². The topological polar surface area (TPSA) is 0 Å². The van der Waals surface area contributed by atoms with Gasteiger partial charge in [-0.25, -0.2) is 13.2 Å². The Bertz CT molecular complexity index is 401. The van der Waals surface area contributed by atoms with Crippen molar-refractivity contribution >= 4 is 35.0 Å². The molecule has 0 heterocycles. The van der Waals surface area contributed by atoms with Crippen LogP contribution in [0.1, 0.15) is 0 Å². The fraction of sp³-hybridized carbons (Fsp3) is 0.143. The van der Waals surface area contributed by atoms with Crippen molar-refractivity contribution in [1.29, 1.82) is 0 Å². The second kappa shape index (κ2) is 4.54. The number of alkyl halides is 3. The average Bonchev–Trinajstić information content (AvgIpc) is 2.17. The van der Waals surface area contributed by atoms with Gasteiger partial charge in [0.15, 0.2) is 17.5 Å². The van der Waals surface area contributed by atoms with E-state index in [1.807, 2.05) is 0 Å². The number of benzene rings is 1. The smallest absolute Gasteiger partial charge is 0.204 e. The van der Waals surface area contributed by atoms with E-state index < -0.39 is 49.7 Å². The number of thioether (sulfide) groups is 1. The van der Waals surface area contributed by atoms with Crippen molar-refractivity contribution in [2.45, 2.75) is 10.4 Å². The average molecular weight is 301 g/mol. The fourth-order valence-corrected chi connectivity index (χ4v) is 1.90. The molecule has 0 bridgehead atoms. The molecule has 0 fully saturated rings. The van der Waals surface area contributed by atoms with Gasteiger partial charge in [0, 0.05) is 0 Å². The van der Waals surface area contributed by atoms with Crippen LogP contribution in [0, 0.1) is 17.5 Å². The Morgan fingerprint density at radius 1 is 0.812 bits per heavy atom. The molecule has 0 aromatic heterocycles. The van der Waals surface area contributed by atoms with E-state index in [2.05, 4.69) is 0 Å². The Kier molecular flexibility index (Phi) is 3.91. The molecule has 0 nitrogen and oxygen atoms in total. The summed E-state index contributed by atoms with van der Waals surface area (Å²) in [5.41, 5.74) is -4.92. The molecule has 0 unspecified atom stereocenters. The summed E-state index contributed by atoms with van der Waals surface area (Å²) in [7, 11) is 0. The molecule has 0 N–H and O–H groups in total. The fourth-order valence-electron chi connectivity index (χ4n) is 0.790. The molecular weight excluding hydrogens is 301 g/mol. The van der Waals surface area contributed by atoms with Gasteiger partial charge in [-0.15, -0.1) is 0 Å². The lowest BCUT2D eigenvalue weighted by atomic mass is 10.3. The summed E-state index contributed by atoms with van der Waals surface area (Å²) in [6.45, 7) is 0. The SMILES string of the molecule is Fc1c(F)c(SC(F)(F)F)c(Cl)c(F)c1Cl. The third-order valence-electron chi connectivity index (χ3n) is 1.39. The van der Waals surface area contributed by atoms with Crippen molar-refractivity contribution in [1.82, 2.24) is 0 Å². The highest BCUT2D eigenvalue weighted by atomic mass is 35.5. The quantitative estimate of drug-likeness (QED) is 0.304. The second-order valence-corrected chi connectivity index (χ2v) is 4.28. The maximum atomic E-state index is 13.0. The van der Waals surface area contributed by atoms with Gasteiger partial charge in [-0.2, -0.15) is 13.2 Å². The molecule has 1 aromatic rings. The lowest BCUT2D eigenvalue weighted by Gasteiger charge is -2.10. The van der Waals surface area contributed by atoms with Crippen LogP contribution in [0.5, 0.6) is 0 Å². The first-order valence-electron chi connectivity index (χ1n) is 3.42. The summed E-state index contributed by atoms with van der Waals surface area (Å²) in [5, 5.41) is -2.49. The normalized spacial score (nSPS) is 12.0. The van der Waals surface area contributed by atoms with E-state index in [1.165, 1.54) is 0 Å². The first-order chi connectivity index (χ1) is 7.15. The third kappa shape index (κ3) is 2.70. The number of halogens is 8. The lowest BCUT2D eigenvalue weighted by Crippen LogP contribution is -2.04. The van der Waals surface area contributed by atoms with Crippen molar-refractivity contribution < 1.29 is 26.3 Å². The van der Waals surface area contributed by atoms with E-state index >= 15 is 0 Å². The van der Waals surface area contributed by atoms with Crippen LogP contribution in [-0.4, -0.2) is 5.51 Å². The van der Waals surface area contributed by atoms with Gasteiger partial charge in [0.25, 0.3) is 0 Å². The number of hydrogen-bond donors (Lipinski definition) is 0. The van der Waals surface area contributed by atoms with Crippen LogP contribution < -0.4 is 0 Å². The molecule has 1 rings (SSSR count). The van der Waals surface area contributed by atoms with Crippen molar-refractivity contribution in [2.24, 2.45) is 0 Å². The summed E-state index contributed by atoms with van der Waals surface area (Å²) >= 11 is 9.01. The van der Waals surface area contributed by atoms with Gasteiger partial charge in [0.05, 0.1) is 9.92 Å². The maximum absolute atomic E-state index is 13.0. The maximum Gasteiger partial charge on any atom is 0.446 e. The van der Waals surface area contributed by atoms with E-state index in [0.29, 0.717) is 0 Å². The van der Waals surface area contributed by atoms with Crippen LogP contribution in [0.15, 0.2) is 4.90 Å². The Hall–Kier alpha value is -0.270. The van der Waals surface area contributed by atoms with Gasteiger partial charge in [-0.05, 0) is 11.8 Å². The standard InChI is InChI=1S/C7Cl2F6S/c8-1-3(10)2(9)6(5(12)4(1)11)16-7(13,14)15. The molecule has 0 amide bonds. The first kappa shape index (κ1) is 13.8. The molecule has 0 aliphatic rings. The molecule has 9 heteroatoms. The number of hydrogen-bond acceptors (Lipinski definition) is 1.